The average molecular weight is 289 g/mol. The third kappa shape index (κ3) is 3.91. The van der Waals surface area contributed by atoms with Gasteiger partial charge in [0, 0.05) is 24.5 Å². The van der Waals surface area contributed by atoms with Crippen molar-refractivity contribution in [3.63, 3.8) is 0 Å². The van der Waals surface area contributed by atoms with Gasteiger partial charge in [-0.05, 0) is 48.6 Å². The Hall–Kier alpha value is -1.67. The molecule has 2 N–H and O–H groups in total. The second-order valence-corrected chi connectivity index (χ2v) is 5.40. The molecule has 2 aromatic rings. The number of halogens is 1. The molecule has 3 rings (SSSR count). The van der Waals surface area contributed by atoms with Crippen molar-refractivity contribution < 1.29 is 0 Å². The second kappa shape index (κ2) is 6.67. The van der Waals surface area contributed by atoms with Crippen LogP contribution in [0.5, 0.6) is 0 Å². The molecule has 0 aliphatic heterocycles. The number of hydrogen-bond donors (Lipinski definition) is 1. The minimum absolute atomic E-state index is 0. The van der Waals surface area contributed by atoms with Crippen LogP contribution < -0.4 is 10.6 Å². The van der Waals surface area contributed by atoms with Crippen LogP contribution in [0.4, 0.5) is 11.4 Å². The molecule has 106 valence electrons. The van der Waals surface area contributed by atoms with Crippen molar-refractivity contribution in [2.45, 2.75) is 19.4 Å². The third-order valence-corrected chi connectivity index (χ3v) is 3.62. The van der Waals surface area contributed by atoms with Gasteiger partial charge >= 0.3 is 0 Å². The van der Waals surface area contributed by atoms with Crippen molar-refractivity contribution >= 4 is 23.8 Å². The van der Waals surface area contributed by atoms with E-state index in [0.29, 0.717) is 0 Å². The lowest BCUT2D eigenvalue weighted by Gasteiger charge is -2.25. The predicted molar refractivity (Wildman–Crippen MR) is 88.3 cm³/mol. The van der Waals surface area contributed by atoms with Gasteiger partial charge in [0.2, 0.25) is 0 Å². The lowest BCUT2D eigenvalue weighted by Crippen LogP contribution is -2.25. The maximum Gasteiger partial charge on any atom is 0.0430 e. The molecule has 0 aromatic heterocycles. The van der Waals surface area contributed by atoms with Gasteiger partial charge in [0.05, 0.1) is 0 Å². The molecule has 1 aliphatic carbocycles. The molecule has 3 heteroatoms. The lowest BCUT2D eigenvalue weighted by atomic mass is 10.1. The van der Waals surface area contributed by atoms with Gasteiger partial charge in [0.1, 0.15) is 0 Å². The first-order valence-corrected chi connectivity index (χ1v) is 6.96. The molecule has 1 saturated carbocycles. The number of benzene rings is 2. The Morgan fingerprint density at radius 1 is 1.00 bits per heavy atom. The largest absolute Gasteiger partial charge is 0.399 e. The third-order valence-electron chi connectivity index (χ3n) is 3.62. The first-order chi connectivity index (χ1) is 9.31. The highest BCUT2D eigenvalue weighted by Gasteiger charge is 2.24. The van der Waals surface area contributed by atoms with Gasteiger partial charge in [0.15, 0.2) is 0 Å². The highest BCUT2D eigenvalue weighted by atomic mass is 35.5. The number of hydrogen-bond acceptors (Lipinski definition) is 2. The van der Waals surface area contributed by atoms with E-state index in [1.54, 1.807) is 0 Å². The highest BCUT2D eigenvalue weighted by molar-refractivity contribution is 5.85. The van der Waals surface area contributed by atoms with Crippen LogP contribution in [0.15, 0.2) is 54.6 Å². The summed E-state index contributed by atoms with van der Waals surface area (Å²) in [5.41, 5.74) is 9.30. The quantitative estimate of drug-likeness (QED) is 0.839. The van der Waals surface area contributed by atoms with E-state index in [2.05, 4.69) is 47.4 Å². The van der Waals surface area contributed by atoms with Gasteiger partial charge in [-0.3, -0.25) is 0 Å². The van der Waals surface area contributed by atoms with Crippen LogP contribution in [-0.4, -0.2) is 6.54 Å². The van der Waals surface area contributed by atoms with Gasteiger partial charge < -0.3 is 10.6 Å². The fourth-order valence-electron chi connectivity index (χ4n) is 2.42. The zero-order valence-electron chi connectivity index (χ0n) is 11.5. The van der Waals surface area contributed by atoms with Crippen molar-refractivity contribution in [3.8, 4) is 0 Å². The van der Waals surface area contributed by atoms with Crippen molar-refractivity contribution in [2.24, 2.45) is 5.92 Å². The van der Waals surface area contributed by atoms with E-state index >= 15 is 0 Å². The van der Waals surface area contributed by atoms with Crippen LogP contribution in [0, 0.1) is 5.92 Å². The summed E-state index contributed by atoms with van der Waals surface area (Å²) in [6.45, 7) is 2.09. The normalized spacial score (nSPS) is 13.6. The van der Waals surface area contributed by atoms with Crippen molar-refractivity contribution in [3.05, 3.63) is 60.2 Å². The number of anilines is 2. The van der Waals surface area contributed by atoms with E-state index in [0.717, 1.165) is 24.7 Å². The van der Waals surface area contributed by atoms with Crippen molar-refractivity contribution in [1.82, 2.24) is 0 Å². The maximum atomic E-state index is 5.87. The standard InChI is InChI=1S/C17H20N2.ClH/c18-16-6-4-5-15(11-16)13-19(12-14-9-10-14)17-7-2-1-3-8-17;/h1-8,11,14H,9-10,12-13,18H2;1H. The minimum Gasteiger partial charge on any atom is -0.399 e. The van der Waals surface area contributed by atoms with E-state index in [1.165, 1.54) is 24.1 Å². The maximum absolute atomic E-state index is 5.87. The predicted octanol–water partition coefficient (Wildman–Crippen LogP) is 4.11. The summed E-state index contributed by atoms with van der Waals surface area (Å²) in [6.07, 6.45) is 2.75. The fraction of sp³-hybridized carbons (Fsp3) is 0.294. The number of nitrogens with two attached hydrogens (primary N) is 1. The zero-order chi connectivity index (χ0) is 13.1. The molecule has 0 bridgehead atoms. The molecule has 0 spiro atoms. The van der Waals surface area contributed by atoms with E-state index in [9.17, 15) is 0 Å². The van der Waals surface area contributed by atoms with Gasteiger partial charge in [-0.15, -0.1) is 12.4 Å². The molecule has 1 aliphatic rings. The molecule has 0 saturated heterocycles. The minimum atomic E-state index is 0. The molecular weight excluding hydrogens is 268 g/mol. The summed E-state index contributed by atoms with van der Waals surface area (Å²) in [5, 5.41) is 0. The molecule has 20 heavy (non-hydrogen) atoms. The van der Waals surface area contributed by atoms with Crippen LogP contribution in [0.2, 0.25) is 0 Å². The van der Waals surface area contributed by atoms with Crippen LogP contribution in [0.25, 0.3) is 0 Å². The summed E-state index contributed by atoms with van der Waals surface area (Å²) in [5.74, 6) is 0.876. The van der Waals surface area contributed by atoms with E-state index in [-0.39, 0.29) is 12.4 Å². The summed E-state index contributed by atoms with van der Waals surface area (Å²) in [7, 11) is 0. The molecule has 0 atom stereocenters. The van der Waals surface area contributed by atoms with Crippen LogP contribution >= 0.6 is 12.4 Å². The Labute approximate surface area is 127 Å². The number of para-hydroxylation sites is 1. The summed E-state index contributed by atoms with van der Waals surface area (Å²) in [4.78, 5) is 2.46. The van der Waals surface area contributed by atoms with Gasteiger partial charge in [-0.1, -0.05) is 30.3 Å². The van der Waals surface area contributed by atoms with Crippen LogP contribution in [0.3, 0.4) is 0 Å². The number of nitrogen functional groups attached to an aromatic ring is 1. The summed E-state index contributed by atoms with van der Waals surface area (Å²) in [6, 6.07) is 18.9. The van der Waals surface area contributed by atoms with Crippen LogP contribution in [0.1, 0.15) is 18.4 Å². The first kappa shape index (κ1) is 14.7. The monoisotopic (exact) mass is 288 g/mol. The Balaban J connectivity index is 0.00000147. The fourth-order valence-corrected chi connectivity index (χ4v) is 2.42. The molecule has 0 radical (unpaired) electrons. The van der Waals surface area contributed by atoms with Gasteiger partial charge in [-0.25, -0.2) is 0 Å². The lowest BCUT2D eigenvalue weighted by molar-refractivity contribution is 0.722. The second-order valence-electron chi connectivity index (χ2n) is 5.40. The van der Waals surface area contributed by atoms with E-state index < -0.39 is 0 Å². The SMILES string of the molecule is Cl.Nc1cccc(CN(CC2CC2)c2ccccc2)c1. The van der Waals surface area contributed by atoms with E-state index in [1.807, 2.05) is 12.1 Å². The Morgan fingerprint density at radius 3 is 2.40 bits per heavy atom. The Kier molecular flexibility index (Phi) is 4.91. The zero-order valence-corrected chi connectivity index (χ0v) is 12.4. The number of nitrogens with zero attached hydrogens (tertiary/aromatic N) is 1. The van der Waals surface area contributed by atoms with Crippen molar-refractivity contribution in [1.29, 1.82) is 0 Å². The average Bonchev–Trinajstić information content (AvgIpc) is 3.23. The molecule has 2 aromatic carbocycles. The molecular formula is C17H21ClN2. The highest BCUT2D eigenvalue weighted by Crippen LogP contribution is 2.32. The molecule has 0 amide bonds. The van der Waals surface area contributed by atoms with Gasteiger partial charge in [-0.2, -0.15) is 0 Å². The molecule has 0 unspecified atom stereocenters. The smallest absolute Gasteiger partial charge is 0.0430 e. The summed E-state index contributed by atoms with van der Waals surface area (Å²) >= 11 is 0. The summed E-state index contributed by atoms with van der Waals surface area (Å²) < 4.78 is 0. The molecule has 1 fully saturated rings. The Bertz CT molecular complexity index is 538. The van der Waals surface area contributed by atoms with Crippen molar-refractivity contribution in [2.75, 3.05) is 17.2 Å². The van der Waals surface area contributed by atoms with E-state index in [4.69, 9.17) is 5.73 Å². The van der Waals surface area contributed by atoms with Crippen LogP contribution in [-0.2, 0) is 6.54 Å². The van der Waals surface area contributed by atoms with Gasteiger partial charge in [0.25, 0.3) is 0 Å². The Morgan fingerprint density at radius 2 is 1.75 bits per heavy atom. The first-order valence-electron chi connectivity index (χ1n) is 6.96. The molecule has 2 nitrogen and oxygen atoms in total. The number of rotatable bonds is 5. The molecule has 0 heterocycles. The topological polar surface area (TPSA) is 29.3 Å².